The molecule has 3 aromatic carbocycles. The number of thioether (sulfide) groups is 1. The fourth-order valence-corrected chi connectivity index (χ4v) is 5.13. The molecule has 0 bridgehead atoms. The van der Waals surface area contributed by atoms with E-state index in [9.17, 15) is 19.6 Å². The average molecular weight is 516 g/mol. The molecule has 0 spiro atoms. The second kappa shape index (κ2) is 11.6. The Labute approximate surface area is 218 Å². The van der Waals surface area contributed by atoms with Crippen LogP contribution in [0.2, 0.25) is 0 Å². The molecule has 2 amide bonds. The quantitative estimate of drug-likeness (QED) is 0.338. The van der Waals surface area contributed by atoms with E-state index in [0.717, 1.165) is 22.5 Å². The number of ether oxygens (including phenoxy) is 2. The molecule has 0 aliphatic carbocycles. The number of para-hydroxylation sites is 1. The fourth-order valence-electron chi connectivity index (χ4n) is 4.29. The highest BCUT2D eigenvalue weighted by Gasteiger charge is 2.45. The molecule has 0 aromatic heterocycles. The molecule has 0 saturated heterocycles. The molecule has 1 heterocycles. The lowest BCUT2D eigenvalue weighted by Crippen LogP contribution is -2.44. The van der Waals surface area contributed by atoms with Crippen molar-refractivity contribution in [2.75, 3.05) is 24.8 Å². The van der Waals surface area contributed by atoms with Gasteiger partial charge in [-0.1, -0.05) is 60.3 Å². The van der Waals surface area contributed by atoms with Gasteiger partial charge >= 0.3 is 5.97 Å². The van der Waals surface area contributed by atoms with Crippen LogP contribution in [-0.4, -0.2) is 37.3 Å². The van der Waals surface area contributed by atoms with E-state index in [2.05, 4.69) is 16.7 Å². The van der Waals surface area contributed by atoms with E-state index in [1.54, 1.807) is 31.2 Å². The van der Waals surface area contributed by atoms with Gasteiger partial charge in [0, 0.05) is 17.2 Å². The lowest BCUT2D eigenvalue weighted by atomic mass is 9.78. The summed E-state index contributed by atoms with van der Waals surface area (Å²) < 4.78 is 10.6. The minimum absolute atomic E-state index is 0.0592. The van der Waals surface area contributed by atoms with Gasteiger partial charge in [-0.2, -0.15) is 5.26 Å². The van der Waals surface area contributed by atoms with Gasteiger partial charge in [0.2, 0.25) is 11.8 Å². The summed E-state index contributed by atoms with van der Waals surface area (Å²) in [7, 11) is 1.48. The second-order valence-corrected chi connectivity index (χ2v) is 9.18. The Bertz CT molecular complexity index is 1430. The molecule has 1 aliphatic rings. The first kappa shape index (κ1) is 25.8. The number of allylic oxidation sites excluding steroid dienone is 1. The lowest BCUT2D eigenvalue weighted by molar-refractivity contribution is -0.152. The zero-order valence-electron chi connectivity index (χ0n) is 20.3. The van der Waals surface area contributed by atoms with Gasteiger partial charge in [-0.25, -0.2) is 0 Å². The summed E-state index contributed by atoms with van der Waals surface area (Å²) >= 11 is 1.02. The Morgan fingerprint density at radius 2 is 1.81 bits per heavy atom. The maximum Gasteiger partial charge on any atom is 0.319 e. The Morgan fingerprint density at radius 3 is 2.54 bits per heavy atom. The molecule has 9 heteroatoms. The Balaban J connectivity index is 1.61. The summed E-state index contributed by atoms with van der Waals surface area (Å²) in [4.78, 5) is 38.6. The van der Waals surface area contributed by atoms with Crippen LogP contribution in [0.5, 0.6) is 5.75 Å². The van der Waals surface area contributed by atoms with Gasteiger partial charge < -0.3 is 20.1 Å². The summed E-state index contributed by atoms with van der Waals surface area (Å²) in [5, 5.41) is 17.9. The third kappa shape index (κ3) is 5.60. The molecule has 0 fully saturated rings. The van der Waals surface area contributed by atoms with Crippen LogP contribution in [0.1, 0.15) is 18.4 Å². The summed E-state index contributed by atoms with van der Waals surface area (Å²) in [6.07, 6.45) is 0. The van der Waals surface area contributed by atoms with Crippen LogP contribution in [0, 0.1) is 17.2 Å². The number of nitriles is 1. The summed E-state index contributed by atoms with van der Waals surface area (Å²) in [5.74, 6) is -3.48. The van der Waals surface area contributed by atoms with Crippen LogP contribution in [0.15, 0.2) is 77.3 Å². The Hall–Kier alpha value is -4.29. The van der Waals surface area contributed by atoms with Crippen LogP contribution in [0.4, 0.5) is 5.69 Å². The van der Waals surface area contributed by atoms with Crippen molar-refractivity contribution < 1.29 is 23.9 Å². The molecular formula is C28H25N3O5S. The summed E-state index contributed by atoms with van der Waals surface area (Å²) in [5.41, 5.74) is 1.31. The number of hydrogen-bond acceptors (Lipinski definition) is 7. The number of fused-ring (bicyclic) bond motifs is 1. The molecule has 0 saturated carbocycles. The van der Waals surface area contributed by atoms with Gasteiger partial charge in [-0.05, 0) is 35.9 Å². The number of carbonyl (C=O) groups is 3. The predicted octanol–water partition coefficient (Wildman–Crippen LogP) is 4.35. The summed E-state index contributed by atoms with van der Waals surface area (Å²) in [6, 6.07) is 22.5. The normalized spacial score (nSPS) is 17.1. The van der Waals surface area contributed by atoms with E-state index in [1.807, 2.05) is 42.5 Å². The number of carbonyl (C=O) groups excluding carboxylic acids is 3. The maximum atomic E-state index is 13.1. The van der Waals surface area contributed by atoms with Crippen LogP contribution >= 0.6 is 11.8 Å². The second-order valence-electron chi connectivity index (χ2n) is 8.19. The van der Waals surface area contributed by atoms with Gasteiger partial charge in [-0.3, -0.25) is 14.4 Å². The number of rotatable bonds is 8. The van der Waals surface area contributed by atoms with Crippen molar-refractivity contribution in [1.29, 1.82) is 5.26 Å². The van der Waals surface area contributed by atoms with Crippen molar-refractivity contribution in [3.05, 3.63) is 82.9 Å². The standard InChI is InChI=1S/C28H25N3O5S/c1-3-36-28(34)25-24(20-10-6-7-11-22(20)35-2)21(15-29)27(31-26(25)33)37-16-23(32)30-19-13-12-17-8-4-5-9-18(17)14-19/h4-14,24-25H,3,16H2,1-2H3,(H,30,32)(H,31,33)/t24-,25-/m0/s1. The van der Waals surface area contributed by atoms with Crippen LogP contribution < -0.4 is 15.4 Å². The average Bonchev–Trinajstić information content (AvgIpc) is 2.91. The van der Waals surface area contributed by atoms with Crippen LogP contribution in [-0.2, 0) is 19.1 Å². The Kier molecular flexibility index (Phi) is 8.11. The van der Waals surface area contributed by atoms with Gasteiger partial charge in [-0.15, -0.1) is 0 Å². The van der Waals surface area contributed by atoms with Crippen molar-refractivity contribution in [1.82, 2.24) is 5.32 Å². The maximum absolute atomic E-state index is 13.1. The first-order valence-electron chi connectivity index (χ1n) is 11.6. The molecule has 1 aliphatic heterocycles. The van der Waals surface area contributed by atoms with Gasteiger partial charge in [0.25, 0.3) is 0 Å². The number of amides is 2. The monoisotopic (exact) mass is 515 g/mol. The molecule has 8 nitrogen and oxygen atoms in total. The number of esters is 1. The number of nitrogens with zero attached hydrogens (tertiary/aromatic N) is 1. The van der Waals surface area contributed by atoms with E-state index < -0.39 is 23.7 Å². The third-order valence-corrected chi connectivity index (χ3v) is 6.94. The predicted molar refractivity (Wildman–Crippen MR) is 142 cm³/mol. The lowest BCUT2D eigenvalue weighted by Gasteiger charge is -2.31. The van der Waals surface area contributed by atoms with E-state index in [0.29, 0.717) is 17.0 Å². The van der Waals surface area contributed by atoms with E-state index in [4.69, 9.17) is 9.47 Å². The van der Waals surface area contributed by atoms with Crippen molar-refractivity contribution >= 4 is 46.0 Å². The molecule has 3 aromatic rings. The first-order valence-corrected chi connectivity index (χ1v) is 12.6. The highest BCUT2D eigenvalue weighted by atomic mass is 32.2. The van der Waals surface area contributed by atoms with E-state index >= 15 is 0 Å². The van der Waals surface area contributed by atoms with Crippen molar-refractivity contribution in [2.45, 2.75) is 12.8 Å². The number of nitrogens with one attached hydrogen (secondary N) is 2. The van der Waals surface area contributed by atoms with Crippen LogP contribution in [0.3, 0.4) is 0 Å². The summed E-state index contributed by atoms with van der Waals surface area (Å²) in [6.45, 7) is 1.73. The molecule has 188 valence electrons. The minimum Gasteiger partial charge on any atom is -0.496 e. The molecule has 37 heavy (non-hydrogen) atoms. The van der Waals surface area contributed by atoms with Crippen molar-refractivity contribution in [3.63, 3.8) is 0 Å². The topological polar surface area (TPSA) is 118 Å². The van der Waals surface area contributed by atoms with Crippen molar-refractivity contribution in [2.24, 2.45) is 5.92 Å². The van der Waals surface area contributed by atoms with Gasteiger partial charge in [0.1, 0.15) is 11.7 Å². The molecule has 2 atom stereocenters. The largest absolute Gasteiger partial charge is 0.496 e. The highest BCUT2D eigenvalue weighted by Crippen LogP contribution is 2.43. The molecular weight excluding hydrogens is 490 g/mol. The molecule has 0 unspecified atom stereocenters. The third-order valence-electron chi connectivity index (χ3n) is 5.92. The number of hydrogen-bond donors (Lipinski definition) is 2. The zero-order chi connectivity index (χ0) is 26.4. The van der Waals surface area contributed by atoms with Gasteiger partial charge in [0.15, 0.2) is 0 Å². The minimum atomic E-state index is -1.28. The number of anilines is 1. The fraction of sp³-hybridized carbons (Fsp3) is 0.214. The highest BCUT2D eigenvalue weighted by molar-refractivity contribution is 8.03. The molecule has 4 rings (SSSR count). The molecule has 2 N–H and O–H groups in total. The molecule has 0 radical (unpaired) electrons. The smallest absolute Gasteiger partial charge is 0.319 e. The SMILES string of the molecule is CCOC(=O)[C@@H]1C(=O)NC(SCC(=O)Nc2ccc3ccccc3c2)=C(C#N)[C@@H]1c1ccccc1OC. The number of benzene rings is 3. The van der Waals surface area contributed by atoms with Crippen LogP contribution in [0.25, 0.3) is 10.8 Å². The van der Waals surface area contributed by atoms with Gasteiger partial charge in [0.05, 0.1) is 36.1 Å². The van der Waals surface area contributed by atoms with Crippen molar-refractivity contribution in [3.8, 4) is 11.8 Å². The Morgan fingerprint density at radius 1 is 1.08 bits per heavy atom. The zero-order valence-corrected chi connectivity index (χ0v) is 21.1. The van der Waals surface area contributed by atoms with E-state index in [-0.39, 0.29) is 28.9 Å². The first-order chi connectivity index (χ1) is 18.0. The number of methoxy groups -OCH3 is 1. The van der Waals surface area contributed by atoms with E-state index in [1.165, 1.54) is 7.11 Å².